The highest BCUT2D eigenvalue weighted by Gasteiger charge is 2.34. The lowest BCUT2D eigenvalue weighted by Gasteiger charge is -2.17. The van der Waals surface area contributed by atoms with E-state index in [-0.39, 0.29) is 12.3 Å². The van der Waals surface area contributed by atoms with Crippen LogP contribution in [0.2, 0.25) is 0 Å². The van der Waals surface area contributed by atoms with Gasteiger partial charge in [0.1, 0.15) is 6.04 Å². The molecular formula is C16H19F3N2O4. The molecule has 3 N–H and O–H groups in total. The Morgan fingerprint density at radius 1 is 1.16 bits per heavy atom. The summed E-state index contributed by atoms with van der Waals surface area (Å²) in [7, 11) is 0. The second kappa shape index (κ2) is 8.50. The minimum Gasteiger partial charge on any atom is -0.480 e. The maximum atomic E-state index is 12.9. The minimum atomic E-state index is -4.71. The molecule has 9 heteroatoms. The SMILES string of the molecule is CC(C)C[C@@H](NC(=O)CNC(=O)c1ccccc1C(F)(F)F)C(=O)O. The van der Waals surface area contributed by atoms with Gasteiger partial charge in [0.2, 0.25) is 5.91 Å². The summed E-state index contributed by atoms with van der Waals surface area (Å²) in [5, 5.41) is 13.3. The summed E-state index contributed by atoms with van der Waals surface area (Å²) in [5.74, 6) is -3.09. The number of rotatable bonds is 7. The molecule has 138 valence electrons. The molecule has 25 heavy (non-hydrogen) atoms. The van der Waals surface area contributed by atoms with Gasteiger partial charge in [-0.1, -0.05) is 26.0 Å². The Bertz CT molecular complexity index is 645. The molecule has 0 saturated heterocycles. The highest BCUT2D eigenvalue weighted by Crippen LogP contribution is 2.31. The third kappa shape index (κ3) is 6.44. The molecule has 0 bridgehead atoms. The molecule has 0 spiro atoms. The lowest BCUT2D eigenvalue weighted by molar-refractivity contribution is -0.142. The third-order valence-electron chi connectivity index (χ3n) is 3.23. The van der Waals surface area contributed by atoms with Crippen LogP contribution in [0.1, 0.15) is 36.2 Å². The van der Waals surface area contributed by atoms with Gasteiger partial charge in [0.15, 0.2) is 0 Å². The van der Waals surface area contributed by atoms with Gasteiger partial charge in [0, 0.05) is 0 Å². The van der Waals surface area contributed by atoms with E-state index in [2.05, 4.69) is 10.6 Å². The maximum Gasteiger partial charge on any atom is 0.417 e. The van der Waals surface area contributed by atoms with Crippen molar-refractivity contribution in [1.82, 2.24) is 10.6 Å². The number of aliphatic carboxylic acids is 1. The molecule has 2 amide bonds. The predicted octanol–water partition coefficient (Wildman–Crippen LogP) is 2.05. The van der Waals surface area contributed by atoms with Crippen LogP contribution in [-0.2, 0) is 15.8 Å². The molecule has 1 aromatic rings. The average Bonchev–Trinajstić information content (AvgIpc) is 2.50. The Labute approximate surface area is 142 Å². The number of benzene rings is 1. The van der Waals surface area contributed by atoms with Crippen molar-refractivity contribution in [2.24, 2.45) is 5.92 Å². The van der Waals surface area contributed by atoms with Gasteiger partial charge in [-0.3, -0.25) is 9.59 Å². The van der Waals surface area contributed by atoms with Crippen molar-refractivity contribution in [2.75, 3.05) is 6.54 Å². The first-order valence-corrected chi connectivity index (χ1v) is 7.49. The Kier molecular flexibility index (Phi) is 6.96. The molecule has 0 aliphatic heterocycles. The highest BCUT2D eigenvalue weighted by atomic mass is 19.4. The van der Waals surface area contributed by atoms with Crippen LogP contribution >= 0.6 is 0 Å². The Hall–Kier alpha value is -2.58. The number of nitrogens with one attached hydrogen (secondary N) is 2. The van der Waals surface area contributed by atoms with Crippen molar-refractivity contribution in [1.29, 1.82) is 0 Å². The number of carboxylic acid groups (broad SMARTS) is 1. The summed E-state index contributed by atoms with van der Waals surface area (Å²) in [6.45, 7) is 2.92. The summed E-state index contributed by atoms with van der Waals surface area (Å²) in [4.78, 5) is 34.7. The summed E-state index contributed by atoms with van der Waals surface area (Å²) in [5.41, 5.74) is -1.73. The molecule has 0 saturated carbocycles. The summed E-state index contributed by atoms with van der Waals surface area (Å²) < 4.78 is 38.6. The van der Waals surface area contributed by atoms with Gasteiger partial charge in [-0.05, 0) is 24.5 Å². The first-order valence-electron chi connectivity index (χ1n) is 7.49. The fourth-order valence-electron chi connectivity index (χ4n) is 2.12. The molecule has 0 fully saturated rings. The number of hydrogen-bond donors (Lipinski definition) is 3. The number of alkyl halides is 3. The van der Waals surface area contributed by atoms with Crippen LogP contribution in [0.5, 0.6) is 0 Å². The van der Waals surface area contributed by atoms with E-state index in [1.807, 2.05) is 0 Å². The molecule has 0 aliphatic rings. The predicted molar refractivity (Wildman–Crippen MR) is 82.8 cm³/mol. The highest BCUT2D eigenvalue weighted by molar-refractivity contribution is 5.98. The summed E-state index contributed by atoms with van der Waals surface area (Å²) in [6.07, 6.45) is -4.52. The lowest BCUT2D eigenvalue weighted by atomic mass is 10.0. The van der Waals surface area contributed by atoms with Crippen LogP contribution in [0.15, 0.2) is 24.3 Å². The average molecular weight is 360 g/mol. The fourth-order valence-corrected chi connectivity index (χ4v) is 2.12. The molecule has 1 aromatic carbocycles. The quantitative estimate of drug-likeness (QED) is 0.693. The second-order valence-electron chi connectivity index (χ2n) is 5.81. The van der Waals surface area contributed by atoms with Crippen LogP contribution in [0.3, 0.4) is 0 Å². The first kappa shape index (κ1) is 20.5. The summed E-state index contributed by atoms with van der Waals surface area (Å²) >= 11 is 0. The number of carboxylic acids is 1. The van der Waals surface area contributed by atoms with Gasteiger partial charge in [-0.25, -0.2) is 4.79 Å². The Morgan fingerprint density at radius 2 is 1.76 bits per heavy atom. The van der Waals surface area contributed by atoms with Crippen molar-refractivity contribution in [2.45, 2.75) is 32.5 Å². The van der Waals surface area contributed by atoms with E-state index in [4.69, 9.17) is 5.11 Å². The van der Waals surface area contributed by atoms with E-state index >= 15 is 0 Å². The monoisotopic (exact) mass is 360 g/mol. The molecule has 0 unspecified atom stereocenters. The topological polar surface area (TPSA) is 95.5 Å². The van der Waals surface area contributed by atoms with Crippen LogP contribution in [-0.4, -0.2) is 35.5 Å². The number of carbonyl (C=O) groups excluding carboxylic acids is 2. The van der Waals surface area contributed by atoms with Crippen LogP contribution in [0.4, 0.5) is 13.2 Å². The molecule has 0 aliphatic carbocycles. The van der Waals surface area contributed by atoms with Crippen molar-refractivity contribution in [3.05, 3.63) is 35.4 Å². The molecule has 6 nitrogen and oxygen atoms in total. The minimum absolute atomic E-state index is 0.00894. The van der Waals surface area contributed by atoms with Gasteiger partial charge in [0.25, 0.3) is 5.91 Å². The van der Waals surface area contributed by atoms with Gasteiger partial charge >= 0.3 is 12.1 Å². The molecular weight excluding hydrogens is 341 g/mol. The van der Waals surface area contributed by atoms with Crippen LogP contribution < -0.4 is 10.6 Å². The van der Waals surface area contributed by atoms with Crippen molar-refractivity contribution >= 4 is 17.8 Å². The van der Waals surface area contributed by atoms with Gasteiger partial charge < -0.3 is 15.7 Å². The van der Waals surface area contributed by atoms with Crippen LogP contribution in [0, 0.1) is 5.92 Å². The zero-order chi connectivity index (χ0) is 19.2. The number of hydrogen-bond acceptors (Lipinski definition) is 3. The third-order valence-corrected chi connectivity index (χ3v) is 3.23. The molecule has 0 heterocycles. The first-order chi connectivity index (χ1) is 11.5. The maximum absolute atomic E-state index is 12.9. The largest absolute Gasteiger partial charge is 0.480 e. The standard InChI is InChI=1S/C16H19F3N2O4/c1-9(2)7-12(15(24)25)21-13(22)8-20-14(23)10-5-3-4-6-11(10)16(17,18)19/h3-6,9,12H,7-8H2,1-2H3,(H,20,23)(H,21,22)(H,24,25)/t12-/m1/s1. The second-order valence-corrected chi connectivity index (χ2v) is 5.81. The fraction of sp³-hybridized carbons (Fsp3) is 0.438. The van der Waals surface area contributed by atoms with Crippen molar-refractivity contribution < 1.29 is 32.7 Å². The Balaban J connectivity index is 2.71. The zero-order valence-electron chi connectivity index (χ0n) is 13.7. The Morgan fingerprint density at radius 3 is 2.28 bits per heavy atom. The molecule has 1 atom stereocenters. The molecule has 0 aromatic heterocycles. The van der Waals surface area contributed by atoms with E-state index in [0.717, 1.165) is 18.2 Å². The van der Waals surface area contributed by atoms with Gasteiger partial charge in [-0.2, -0.15) is 13.2 Å². The van der Waals surface area contributed by atoms with Crippen LogP contribution in [0.25, 0.3) is 0 Å². The van der Waals surface area contributed by atoms with E-state index < -0.39 is 47.7 Å². The lowest BCUT2D eigenvalue weighted by Crippen LogP contribution is -2.46. The molecule has 1 rings (SSSR count). The number of amides is 2. The smallest absolute Gasteiger partial charge is 0.417 e. The van der Waals surface area contributed by atoms with Gasteiger partial charge in [-0.15, -0.1) is 0 Å². The van der Waals surface area contributed by atoms with E-state index in [1.165, 1.54) is 6.07 Å². The van der Waals surface area contributed by atoms with Gasteiger partial charge in [0.05, 0.1) is 17.7 Å². The number of carbonyl (C=O) groups is 3. The normalized spacial score (nSPS) is 12.6. The number of halogens is 3. The van der Waals surface area contributed by atoms with Crippen molar-refractivity contribution in [3.63, 3.8) is 0 Å². The van der Waals surface area contributed by atoms with E-state index in [9.17, 15) is 27.6 Å². The zero-order valence-corrected chi connectivity index (χ0v) is 13.7. The molecule has 0 radical (unpaired) electrons. The van der Waals surface area contributed by atoms with E-state index in [1.54, 1.807) is 13.8 Å². The summed E-state index contributed by atoms with van der Waals surface area (Å²) in [6, 6.07) is 3.04. The van der Waals surface area contributed by atoms with E-state index in [0.29, 0.717) is 0 Å². The van der Waals surface area contributed by atoms with Crippen molar-refractivity contribution in [3.8, 4) is 0 Å².